The van der Waals surface area contributed by atoms with Crippen LogP contribution < -0.4 is 15.4 Å². The molecule has 1 aliphatic heterocycles. The molecule has 0 radical (unpaired) electrons. The van der Waals surface area contributed by atoms with Crippen molar-refractivity contribution in [3.8, 4) is 5.75 Å². The van der Waals surface area contributed by atoms with E-state index in [1.165, 1.54) is 0 Å². The molecule has 1 atom stereocenters. The molecule has 0 bridgehead atoms. The van der Waals surface area contributed by atoms with E-state index in [1.54, 1.807) is 7.11 Å². The van der Waals surface area contributed by atoms with Gasteiger partial charge in [-0.05, 0) is 18.9 Å². The Labute approximate surface area is 119 Å². The molecule has 0 saturated carbocycles. The third-order valence-electron chi connectivity index (χ3n) is 3.45. The molecule has 110 valence electrons. The van der Waals surface area contributed by atoms with E-state index in [0.717, 1.165) is 37.3 Å². The van der Waals surface area contributed by atoms with E-state index in [0.29, 0.717) is 19.2 Å². The van der Waals surface area contributed by atoms with E-state index in [-0.39, 0.29) is 5.91 Å². The van der Waals surface area contributed by atoms with E-state index < -0.39 is 0 Å². The van der Waals surface area contributed by atoms with E-state index >= 15 is 0 Å². The minimum atomic E-state index is 0.0360. The summed E-state index contributed by atoms with van der Waals surface area (Å²) in [6.07, 6.45) is 2.56. The van der Waals surface area contributed by atoms with Crippen molar-refractivity contribution < 1.29 is 19.6 Å². The van der Waals surface area contributed by atoms with E-state index in [4.69, 9.17) is 9.47 Å². The number of quaternary nitrogens is 1. The predicted octanol–water partition coefficient (Wildman–Crippen LogP) is 0.0538. The summed E-state index contributed by atoms with van der Waals surface area (Å²) >= 11 is 0. The summed E-state index contributed by atoms with van der Waals surface area (Å²) in [4.78, 5) is 11.8. The maximum Gasteiger partial charge on any atom is 0.275 e. The summed E-state index contributed by atoms with van der Waals surface area (Å²) in [7, 11) is 1.63. The van der Waals surface area contributed by atoms with Crippen LogP contribution in [0.4, 0.5) is 0 Å². The van der Waals surface area contributed by atoms with Gasteiger partial charge in [0.15, 0.2) is 6.54 Å². The van der Waals surface area contributed by atoms with Gasteiger partial charge in [-0.15, -0.1) is 0 Å². The molecule has 20 heavy (non-hydrogen) atoms. The summed E-state index contributed by atoms with van der Waals surface area (Å²) in [6, 6.07) is 7.70. The Morgan fingerprint density at radius 2 is 2.35 bits per heavy atom. The Bertz CT molecular complexity index is 431. The molecule has 3 N–H and O–H groups in total. The molecule has 0 aromatic heterocycles. The SMILES string of the molecule is COc1ccccc1CNC(=O)C[NH2+]C[C@H]1CCCO1. The van der Waals surface area contributed by atoms with Crippen molar-refractivity contribution in [3.05, 3.63) is 29.8 Å². The van der Waals surface area contributed by atoms with Crippen molar-refractivity contribution in [2.24, 2.45) is 0 Å². The molecule has 1 fully saturated rings. The highest BCUT2D eigenvalue weighted by Crippen LogP contribution is 2.16. The number of benzene rings is 1. The molecule has 0 unspecified atom stereocenters. The quantitative estimate of drug-likeness (QED) is 0.741. The topological polar surface area (TPSA) is 64.2 Å². The minimum absolute atomic E-state index is 0.0360. The first kappa shape index (κ1) is 14.8. The van der Waals surface area contributed by atoms with Crippen molar-refractivity contribution in [2.75, 3.05) is 26.8 Å². The third kappa shape index (κ3) is 4.51. The minimum Gasteiger partial charge on any atom is -0.496 e. The van der Waals surface area contributed by atoms with Crippen molar-refractivity contribution in [1.82, 2.24) is 5.32 Å². The summed E-state index contributed by atoms with van der Waals surface area (Å²) in [5.74, 6) is 0.838. The third-order valence-corrected chi connectivity index (χ3v) is 3.45. The monoisotopic (exact) mass is 279 g/mol. The number of rotatable bonds is 7. The van der Waals surface area contributed by atoms with Crippen molar-refractivity contribution in [3.63, 3.8) is 0 Å². The van der Waals surface area contributed by atoms with Crippen molar-refractivity contribution in [2.45, 2.75) is 25.5 Å². The molecule has 5 nitrogen and oxygen atoms in total. The molecule has 1 aromatic carbocycles. The van der Waals surface area contributed by atoms with E-state index in [9.17, 15) is 4.79 Å². The Hall–Kier alpha value is -1.59. The Morgan fingerprint density at radius 1 is 1.50 bits per heavy atom. The van der Waals surface area contributed by atoms with Crippen molar-refractivity contribution >= 4 is 5.91 Å². The van der Waals surface area contributed by atoms with Gasteiger partial charge in [-0.3, -0.25) is 4.79 Å². The first-order valence-electron chi connectivity index (χ1n) is 7.11. The lowest BCUT2D eigenvalue weighted by Crippen LogP contribution is -2.88. The van der Waals surface area contributed by atoms with Crippen LogP contribution in [0.2, 0.25) is 0 Å². The molecule has 1 aliphatic rings. The second kappa shape index (κ2) is 7.87. The van der Waals surface area contributed by atoms with Gasteiger partial charge in [-0.25, -0.2) is 0 Å². The van der Waals surface area contributed by atoms with Crippen LogP contribution in [0.3, 0.4) is 0 Å². The van der Waals surface area contributed by atoms with Gasteiger partial charge in [0.25, 0.3) is 5.91 Å². The van der Waals surface area contributed by atoms with Gasteiger partial charge in [0, 0.05) is 18.7 Å². The van der Waals surface area contributed by atoms with Gasteiger partial charge in [-0.1, -0.05) is 18.2 Å². The van der Waals surface area contributed by atoms with Gasteiger partial charge in [0.2, 0.25) is 0 Å². The molecule has 1 heterocycles. The number of hydrogen-bond acceptors (Lipinski definition) is 3. The molecule has 0 spiro atoms. The average Bonchev–Trinajstić information content (AvgIpc) is 2.98. The van der Waals surface area contributed by atoms with Crippen LogP contribution >= 0.6 is 0 Å². The maximum atomic E-state index is 11.8. The number of carbonyl (C=O) groups is 1. The van der Waals surface area contributed by atoms with Crippen LogP contribution in [0.25, 0.3) is 0 Å². The van der Waals surface area contributed by atoms with Crippen LogP contribution in [0.15, 0.2) is 24.3 Å². The number of para-hydroxylation sites is 1. The van der Waals surface area contributed by atoms with Gasteiger partial charge in [0.1, 0.15) is 18.4 Å². The zero-order valence-electron chi connectivity index (χ0n) is 11.9. The molecule has 1 amide bonds. The highest BCUT2D eigenvalue weighted by atomic mass is 16.5. The molecular weight excluding hydrogens is 256 g/mol. The number of nitrogens with one attached hydrogen (secondary N) is 1. The lowest BCUT2D eigenvalue weighted by molar-refractivity contribution is -0.650. The van der Waals surface area contributed by atoms with Crippen molar-refractivity contribution in [1.29, 1.82) is 0 Å². The first-order chi connectivity index (χ1) is 9.79. The average molecular weight is 279 g/mol. The Balaban J connectivity index is 1.66. The van der Waals surface area contributed by atoms with E-state index in [1.807, 2.05) is 29.6 Å². The number of amides is 1. The highest BCUT2D eigenvalue weighted by Gasteiger charge is 2.17. The summed E-state index contributed by atoms with van der Waals surface area (Å²) < 4.78 is 10.8. The van der Waals surface area contributed by atoms with Crippen LogP contribution in [0.1, 0.15) is 18.4 Å². The fourth-order valence-electron chi connectivity index (χ4n) is 2.35. The summed E-state index contributed by atoms with van der Waals surface area (Å²) in [5.41, 5.74) is 0.988. The predicted molar refractivity (Wildman–Crippen MR) is 75.5 cm³/mol. The molecular formula is C15H23N2O3+. The van der Waals surface area contributed by atoms with Gasteiger partial charge < -0.3 is 20.1 Å². The molecule has 1 saturated heterocycles. The van der Waals surface area contributed by atoms with Gasteiger partial charge in [0.05, 0.1) is 7.11 Å². The lowest BCUT2D eigenvalue weighted by Gasteiger charge is -2.10. The molecule has 1 aromatic rings. The number of nitrogens with two attached hydrogens (primary N) is 1. The number of ether oxygens (including phenoxy) is 2. The number of methoxy groups -OCH3 is 1. The number of carbonyl (C=O) groups excluding carboxylic acids is 1. The Morgan fingerprint density at radius 3 is 3.10 bits per heavy atom. The highest BCUT2D eigenvalue weighted by molar-refractivity contribution is 5.76. The zero-order chi connectivity index (χ0) is 14.2. The maximum absolute atomic E-state index is 11.8. The molecule has 2 rings (SSSR count). The van der Waals surface area contributed by atoms with Gasteiger partial charge in [-0.2, -0.15) is 0 Å². The normalized spacial score (nSPS) is 17.9. The van der Waals surface area contributed by atoms with Crippen LogP contribution in [-0.4, -0.2) is 38.8 Å². The number of hydrogen-bond donors (Lipinski definition) is 2. The summed E-state index contributed by atoms with van der Waals surface area (Å²) in [6.45, 7) is 2.66. The van der Waals surface area contributed by atoms with E-state index in [2.05, 4.69) is 5.32 Å². The fraction of sp³-hybridized carbons (Fsp3) is 0.533. The first-order valence-corrected chi connectivity index (χ1v) is 7.11. The largest absolute Gasteiger partial charge is 0.496 e. The molecule has 0 aliphatic carbocycles. The zero-order valence-corrected chi connectivity index (χ0v) is 11.9. The smallest absolute Gasteiger partial charge is 0.275 e. The van der Waals surface area contributed by atoms with Crippen LogP contribution in [0, 0.1) is 0 Å². The lowest BCUT2D eigenvalue weighted by atomic mass is 10.2. The summed E-state index contributed by atoms with van der Waals surface area (Å²) in [5, 5.41) is 4.92. The standard InChI is InChI=1S/C15H22N2O3/c1-19-14-7-3-2-5-12(14)9-17-15(18)11-16-10-13-6-4-8-20-13/h2-3,5,7,13,16H,4,6,8-11H2,1H3,(H,17,18)/p+1/t13-/m1/s1. The van der Waals surface area contributed by atoms with Crippen LogP contribution in [0.5, 0.6) is 5.75 Å². The molecule has 5 heteroatoms. The van der Waals surface area contributed by atoms with Gasteiger partial charge >= 0.3 is 0 Å². The second-order valence-corrected chi connectivity index (χ2v) is 4.95. The second-order valence-electron chi connectivity index (χ2n) is 4.95. The fourth-order valence-corrected chi connectivity index (χ4v) is 2.35. The Kier molecular flexibility index (Phi) is 5.83. The van der Waals surface area contributed by atoms with Crippen LogP contribution in [-0.2, 0) is 16.1 Å².